The van der Waals surface area contributed by atoms with Gasteiger partial charge in [0.25, 0.3) is 0 Å². The van der Waals surface area contributed by atoms with Crippen molar-refractivity contribution in [2.24, 2.45) is 5.92 Å². The molecule has 2 heteroatoms. The maximum absolute atomic E-state index is 5.87. The minimum Gasteiger partial charge on any atom is -0.493 e. The molecule has 0 aliphatic heterocycles. The molecule has 0 unspecified atom stereocenters. The van der Waals surface area contributed by atoms with Crippen LogP contribution in [0.15, 0.2) is 18.2 Å². The third-order valence-electron chi connectivity index (χ3n) is 2.65. The van der Waals surface area contributed by atoms with Gasteiger partial charge in [-0.05, 0) is 36.1 Å². The molecule has 0 spiro atoms. The van der Waals surface area contributed by atoms with E-state index in [1.165, 1.54) is 11.1 Å². The van der Waals surface area contributed by atoms with Gasteiger partial charge >= 0.3 is 0 Å². The third kappa shape index (κ3) is 4.39. The third-order valence-corrected chi connectivity index (χ3v) is 2.65. The van der Waals surface area contributed by atoms with Crippen molar-refractivity contribution in [3.63, 3.8) is 0 Å². The van der Waals surface area contributed by atoms with Gasteiger partial charge < -0.3 is 10.1 Å². The molecule has 17 heavy (non-hydrogen) atoms. The summed E-state index contributed by atoms with van der Waals surface area (Å²) in [5.41, 5.74) is 2.62. The normalized spacial score (nSPS) is 11.2. The summed E-state index contributed by atoms with van der Waals surface area (Å²) in [6.07, 6.45) is 0. The highest BCUT2D eigenvalue weighted by Gasteiger charge is 2.09. The molecule has 0 heterocycles. The monoisotopic (exact) mass is 235 g/mol. The molecule has 0 aliphatic carbocycles. The molecule has 0 amide bonds. The molecular formula is C15H25NO. The molecule has 1 aromatic rings. The van der Waals surface area contributed by atoms with E-state index in [2.05, 4.69) is 51.2 Å². The number of hydrogen-bond donors (Lipinski definition) is 1. The van der Waals surface area contributed by atoms with Gasteiger partial charge in [-0.15, -0.1) is 0 Å². The highest BCUT2D eigenvalue weighted by Crippen LogP contribution is 2.28. The topological polar surface area (TPSA) is 21.3 Å². The van der Waals surface area contributed by atoms with Crippen molar-refractivity contribution >= 4 is 0 Å². The minimum absolute atomic E-state index is 0.494. The van der Waals surface area contributed by atoms with Crippen LogP contribution in [0.2, 0.25) is 0 Å². The second-order valence-corrected chi connectivity index (χ2v) is 5.26. The number of benzene rings is 1. The van der Waals surface area contributed by atoms with E-state index in [-0.39, 0.29) is 0 Å². The molecule has 0 aliphatic rings. The average molecular weight is 235 g/mol. The Balaban J connectivity index is 2.88. The SMILES string of the molecule is CNCc1ccc(OCC(C)C)c(C(C)C)c1. The molecule has 0 radical (unpaired) electrons. The summed E-state index contributed by atoms with van der Waals surface area (Å²) >= 11 is 0. The summed E-state index contributed by atoms with van der Waals surface area (Å²) in [5, 5.41) is 3.18. The molecule has 0 saturated carbocycles. The highest BCUT2D eigenvalue weighted by atomic mass is 16.5. The smallest absolute Gasteiger partial charge is 0.122 e. The van der Waals surface area contributed by atoms with E-state index in [1.54, 1.807) is 0 Å². The Morgan fingerprint density at radius 1 is 1.18 bits per heavy atom. The van der Waals surface area contributed by atoms with Crippen LogP contribution in [0, 0.1) is 5.92 Å². The summed E-state index contributed by atoms with van der Waals surface area (Å²) in [7, 11) is 1.97. The lowest BCUT2D eigenvalue weighted by molar-refractivity contribution is 0.267. The molecule has 0 saturated heterocycles. The fourth-order valence-corrected chi connectivity index (χ4v) is 1.75. The van der Waals surface area contributed by atoms with E-state index in [0.29, 0.717) is 11.8 Å². The lowest BCUT2D eigenvalue weighted by atomic mass is 9.99. The van der Waals surface area contributed by atoms with Crippen molar-refractivity contribution in [1.29, 1.82) is 0 Å². The Labute approximate surface area is 105 Å². The molecule has 1 rings (SSSR count). The molecular weight excluding hydrogens is 210 g/mol. The van der Waals surface area contributed by atoms with E-state index in [9.17, 15) is 0 Å². The summed E-state index contributed by atoms with van der Waals surface area (Å²) < 4.78 is 5.87. The van der Waals surface area contributed by atoms with Crippen molar-refractivity contribution in [3.05, 3.63) is 29.3 Å². The van der Waals surface area contributed by atoms with Crippen LogP contribution < -0.4 is 10.1 Å². The van der Waals surface area contributed by atoms with Crippen LogP contribution in [0.4, 0.5) is 0 Å². The summed E-state index contributed by atoms with van der Waals surface area (Å²) in [6.45, 7) is 10.4. The molecule has 2 nitrogen and oxygen atoms in total. The van der Waals surface area contributed by atoms with Crippen LogP contribution in [0.1, 0.15) is 44.7 Å². The Hall–Kier alpha value is -1.02. The Morgan fingerprint density at radius 3 is 2.41 bits per heavy atom. The second kappa shape index (κ2) is 6.65. The molecule has 0 aromatic heterocycles. The van der Waals surface area contributed by atoms with E-state index in [0.717, 1.165) is 18.9 Å². The first kappa shape index (κ1) is 14.0. The standard InChI is InChI=1S/C15H25NO/c1-11(2)10-17-15-7-6-13(9-16-5)8-14(15)12(3)4/h6-8,11-12,16H,9-10H2,1-5H3. The molecule has 1 N–H and O–H groups in total. The lowest BCUT2D eigenvalue weighted by Crippen LogP contribution is -2.09. The quantitative estimate of drug-likeness (QED) is 0.814. The summed E-state index contributed by atoms with van der Waals surface area (Å²) in [5.74, 6) is 2.09. The highest BCUT2D eigenvalue weighted by molar-refractivity contribution is 5.39. The molecule has 0 fully saturated rings. The Kier molecular flexibility index (Phi) is 5.49. The van der Waals surface area contributed by atoms with Gasteiger partial charge in [-0.1, -0.05) is 39.8 Å². The number of hydrogen-bond acceptors (Lipinski definition) is 2. The zero-order valence-corrected chi connectivity index (χ0v) is 11.7. The first-order valence-corrected chi connectivity index (χ1v) is 6.44. The molecule has 1 aromatic carbocycles. The van der Waals surface area contributed by atoms with Crippen LogP contribution in [0.5, 0.6) is 5.75 Å². The van der Waals surface area contributed by atoms with Gasteiger partial charge in [0.15, 0.2) is 0 Å². The van der Waals surface area contributed by atoms with Crippen LogP contribution >= 0.6 is 0 Å². The van der Waals surface area contributed by atoms with Crippen molar-refractivity contribution in [2.45, 2.75) is 40.2 Å². The van der Waals surface area contributed by atoms with Gasteiger partial charge in [0.05, 0.1) is 6.61 Å². The largest absolute Gasteiger partial charge is 0.493 e. The summed E-state index contributed by atoms with van der Waals surface area (Å²) in [6, 6.07) is 6.49. The van der Waals surface area contributed by atoms with Gasteiger partial charge in [0, 0.05) is 6.54 Å². The summed E-state index contributed by atoms with van der Waals surface area (Å²) in [4.78, 5) is 0. The predicted octanol–water partition coefficient (Wildman–Crippen LogP) is 3.56. The van der Waals surface area contributed by atoms with Crippen LogP contribution in [0.25, 0.3) is 0 Å². The van der Waals surface area contributed by atoms with Crippen molar-refractivity contribution in [2.75, 3.05) is 13.7 Å². The number of ether oxygens (including phenoxy) is 1. The average Bonchev–Trinajstić information content (AvgIpc) is 2.27. The van der Waals surface area contributed by atoms with E-state index in [1.807, 2.05) is 7.05 Å². The van der Waals surface area contributed by atoms with Crippen molar-refractivity contribution in [1.82, 2.24) is 5.32 Å². The Bertz CT molecular complexity index is 345. The van der Waals surface area contributed by atoms with E-state index >= 15 is 0 Å². The van der Waals surface area contributed by atoms with Gasteiger partial charge in [-0.2, -0.15) is 0 Å². The predicted molar refractivity (Wildman–Crippen MR) is 73.6 cm³/mol. The first-order chi connectivity index (χ1) is 8.04. The van der Waals surface area contributed by atoms with Crippen LogP contribution in [0.3, 0.4) is 0 Å². The van der Waals surface area contributed by atoms with E-state index < -0.39 is 0 Å². The van der Waals surface area contributed by atoms with Gasteiger partial charge in [-0.25, -0.2) is 0 Å². The zero-order valence-electron chi connectivity index (χ0n) is 11.7. The van der Waals surface area contributed by atoms with Gasteiger partial charge in [-0.3, -0.25) is 0 Å². The minimum atomic E-state index is 0.494. The van der Waals surface area contributed by atoms with Crippen LogP contribution in [-0.2, 0) is 6.54 Å². The maximum atomic E-state index is 5.87. The molecule has 0 atom stereocenters. The number of nitrogens with one attached hydrogen (secondary N) is 1. The second-order valence-electron chi connectivity index (χ2n) is 5.26. The van der Waals surface area contributed by atoms with Crippen molar-refractivity contribution < 1.29 is 4.74 Å². The van der Waals surface area contributed by atoms with Crippen LogP contribution in [-0.4, -0.2) is 13.7 Å². The van der Waals surface area contributed by atoms with E-state index in [4.69, 9.17) is 4.74 Å². The number of rotatable bonds is 6. The van der Waals surface area contributed by atoms with Gasteiger partial charge in [0.1, 0.15) is 5.75 Å². The zero-order chi connectivity index (χ0) is 12.8. The fraction of sp³-hybridized carbons (Fsp3) is 0.600. The fourth-order valence-electron chi connectivity index (χ4n) is 1.75. The lowest BCUT2D eigenvalue weighted by Gasteiger charge is -2.16. The first-order valence-electron chi connectivity index (χ1n) is 6.44. The molecule has 0 bridgehead atoms. The van der Waals surface area contributed by atoms with Crippen molar-refractivity contribution in [3.8, 4) is 5.75 Å². The maximum Gasteiger partial charge on any atom is 0.122 e. The Morgan fingerprint density at radius 2 is 1.88 bits per heavy atom. The van der Waals surface area contributed by atoms with Gasteiger partial charge in [0.2, 0.25) is 0 Å². The molecule has 96 valence electrons.